The summed E-state index contributed by atoms with van der Waals surface area (Å²) < 4.78 is 0. The van der Waals surface area contributed by atoms with E-state index in [1.54, 1.807) is 12.1 Å². The van der Waals surface area contributed by atoms with Crippen molar-refractivity contribution >= 4 is 23.5 Å². The number of aromatic carboxylic acids is 1. The molecule has 112 valence electrons. The standard InChI is InChI=1S/C17H15NO4/c19-15-13-9-4-5-10(7-6-9)14(13)16(20)18(15)12-3-1-2-11(8-12)17(21)22/h1-5,8-10,13-14H,6-7H2,(H,21,22)/t9-,10-,13-,14+/m1/s1. The number of imide groups is 1. The molecule has 1 saturated heterocycles. The van der Waals surface area contributed by atoms with E-state index in [9.17, 15) is 14.4 Å². The van der Waals surface area contributed by atoms with E-state index in [0.29, 0.717) is 5.69 Å². The normalized spacial score (nSPS) is 32.5. The minimum Gasteiger partial charge on any atom is -0.478 e. The smallest absolute Gasteiger partial charge is 0.335 e. The number of carbonyl (C=O) groups is 3. The zero-order valence-electron chi connectivity index (χ0n) is 11.8. The highest BCUT2D eigenvalue weighted by molar-refractivity contribution is 6.22. The zero-order valence-corrected chi connectivity index (χ0v) is 11.8. The monoisotopic (exact) mass is 297 g/mol. The van der Waals surface area contributed by atoms with E-state index in [1.165, 1.54) is 17.0 Å². The van der Waals surface area contributed by atoms with Crippen LogP contribution in [0.2, 0.25) is 0 Å². The largest absolute Gasteiger partial charge is 0.478 e. The number of hydrogen-bond donors (Lipinski definition) is 1. The van der Waals surface area contributed by atoms with Gasteiger partial charge in [-0.2, -0.15) is 0 Å². The van der Waals surface area contributed by atoms with Crippen LogP contribution in [0.4, 0.5) is 5.69 Å². The molecule has 1 aromatic carbocycles. The van der Waals surface area contributed by atoms with Gasteiger partial charge in [0.15, 0.2) is 0 Å². The van der Waals surface area contributed by atoms with Gasteiger partial charge in [0, 0.05) is 0 Å². The van der Waals surface area contributed by atoms with Crippen molar-refractivity contribution in [2.45, 2.75) is 12.8 Å². The third-order valence-electron chi connectivity index (χ3n) is 5.11. The molecule has 0 unspecified atom stereocenters. The third-order valence-corrected chi connectivity index (χ3v) is 5.11. The summed E-state index contributed by atoms with van der Waals surface area (Å²) >= 11 is 0. The Hall–Kier alpha value is -2.43. The second-order valence-electron chi connectivity index (χ2n) is 6.21. The van der Waals surface area contributed by atoms with Crippen molar-refractivity contribution in [2.75, 3.05) is 4.90 Å². The lowest BCUT2D eigenvalue weighted by Gasteiger charge is -2.38. The van der Waals surface area contributed by atoms with Crippen LogP contribution in [0, 0.1) is 23.7 Å². The Morgan fingerprint density at radius 1 is 1.05 bits per heavy atom. The topological polar surface area (TPSA) is 74.7 Å². The van der Waals surface area contributed by atoms with Gasteiger partial charge >= 0.3 is 5.97 Å². The van der Waals surface area contributed by atoms with Crippen LogP contribution in [-0.4, -0.2) is 22.9 Å². The van der Waals surface area contributed by atoms with Crippen molar-refractivity contribution in [3.63, 3.8) is 0 Å². The molecule has 5 rings (SSSR count). The van der Waals surface area contributed by atoms with Gasteiger partial charge < -0.3 is 5.11 Å². The van der Waals surface area contributed by atoms with Crippen LogP contribution in [0.3, 0.4) is 0 Å². The molecule has 1 aromatic rings. The number of nitrogens with zero attached hydrogens (tertiary/aromatic N) is 1. The molecule has 0 aromatic heterocycles. The third kappa shape index (κ3) is 1.68. The molecule has 0 radical (unpaired) electrons. The van der Waals surface area contributed by atoms with Gasteiger partial charge in [-0.15, -0.1) is 0 Å². The van der Waals surface area contributed by atoms with Gasteiger partial charge in [0.2, 0.25) is 11.8 Å². The fourth-order valence-corrected chi connectivity index (χ4v) is 4.11. The molecule has 2 fully saturated rings. The predicted octanol–water partition coefficient (Wildman–Crippen LogP) is 2.09. The van der Waals surface area contributed by atoms with Gasteiger partial charge in [-0.05, 0) is 42.9 Å². The van der Waals surface area contributed by atoms with Gasteiger partial charge in [-0.25, -0.2) is 9.69 Å². The summed E-state index contributed by atoms with van der Waals surface area (Å²) in [4.78, 5) is 37.8. The number of carboxylic acid groups (broad SMARTS) is 1. The van der Waals surface area contributed by atoms with Crippen LogP contribution in [0.5, 0.6) is 0 Å². The Morgan fingerprint density at radius 3 is 2.14 bits per heavy atom. The number of anilines is 1. The average molecular weight is 297 g/mol. The maximum absolute atomic E-state index is 12.7. The summed E-state index contributed by atoms with van der Waals surface area (Å²) in [5, 5.41) is 9.09. The van der Waals surface area contributed by atoms with Gasteiger partial charge in [-0.1, -0.05) is 18.2 Å². The summed E-state index contributed by atoms with van der Waals surface area (Å²) in [6.45, 7) is 0. The van der Waals surface area contributed by atoms with E-state index in [2.05, 4.69) is 12.2 Å². The number of rotatable bonds is 2. The number of allylic oxidation sites excluding steroid dienone is 2. The molecule has 2 bridgehead atoms. The molecule has 2 amide bonds. The number of fused-ring (bicyclic) bond motifs is 1. The quantitative estimate of drug-likeness (QED) is 0.670. The molecule has 0 spiro atoms. The zero-order chi connectivity index (χ0) is 15.4. The number of amides is 2. The summed E-state index contributed by atoms with van der Waals surface area (Å²) in [5.41, 5.74) is 0.442. The van der Waals surface area contributed by atoms with E-state index in [0.717, 1.165) is 12.8 Å². The number of hydrogen-bond acceptors (Lipinski definition) is 3. The van der Waals surface area contributed by atoms with Crippen LogP contribution in [0.15, 0.2) is 36.4 Å². The molecule has 3 aliphatic carbocycles. The van der Waals surface area contributed by atoms with E-state index < -0.39 is 5.97 Å². The highest BCUT2D eigenvalue weighted by Crippen LogP contribution is 2.50. The van der Waals surface area contributed by atoms with Crippen LogP contribution < -0.4 is 4.90 Å². The van der Waals surface area contributed by atoms with Gasteiger partial charge in [0.1, 0.15) is 0 Å². The maximum Gasteiger partial charge on any atom is 0.335 e. The second-order valence-corrected chi connectivity index (χ2v) is 6.21. The molecule has 22 heavy (non-hydrogen) atoms. The Labute approximate surface area is 127 Å². The van der Waals surface area contributed by atoms with Gasteiger partial charge in [0.05, 0.1) is 23.1 Å². The summed E-state index contributed by atoms with van der Waals surface area (Å²) in [6.07, 6.45) is 6.03. The van der Waals surface area contributed by atoms with Crippen molar-refractivity contribution in [3.8, 4) is 0 Å². The number of benzene rings is 1. The molecule has 1 saturated carbocycles. The molecule has 4 aliphatic rings. The summed E-state index contributed by atoms with van der Waals surface area (Å²) in [7, 11) is 0. The lowest BCUT2D eigenvalue weighted by atomic mass is 9.63. The van der Waals surface area contributed by atoms with Gasteiger partial charge in [0.25, 0.3) is 0 Å². The first kappa shape index (κ1) is 13.2. The highest BCUT2D eigenvalue weighted by atomic mass is 16.4. The lowest BCUT2D eigenvalue weighted by Crippen LogP contribution is -2.38. The van der Waals surface area contributed by atoms with E-state index >= 15 is 0 Å². The van der Waals surface area contributed by atoms with Crippen LogP contribution in [0.25, 0.3) is 0 Å². The van der Waals surface area contributed by atoms with E-state index in [4.69, 9.17) is 5.11 Å². The van der Waals surface area contributed by atoms with Gasteiger partial charge in [-0.3, -0.25) is 9.59 Å². The van der Waals surface area contributed by atoms with Crippen LogP contribution in [-0.2, 0) is 9.59 Å². The molecule has 1 N–H and O–H groups in total. The number of carboxylic acids is 1. The first-order valence-corrected chi connectivity index (χ1v) is 7.47. The highest BCUT2D eigenvalue weighted by Gasteiger charge is 2.56. The minimum atomic E-state index is -1.07. The van der Waals surface area contributed by atoms with Crippen molar-refractivity contribution < 1.29 is 19.5 Å². The maximum atomic E-state index is 12.7. The summed E-state index contributed by atoms with van der Waals surface area (Å²) in [5.74, 6) is -1.71. The van der Waals surface area contributed by atoms with Crippen molar-refractivity contribution in [2.24, 2.45) is 23.7 Å². The fraction of sp³-hybridized carbons (Fsp3) is 0.353. The minimum absolute atomic E-state index is 0.0778. The molecule has 1 aliphatic heterocycles. The fourth-order valence-electron chi connectivity index (χ4n) is 4.11. The summed E-state index contributed by atoms with van der Waals surface area (Å²) in [6, 6.07) is 6.03. The lowest BCUT2D eigenvalue weighted by molar-refractivity contribution is -0.124. The van der Waals surface area contributed by atoms with Crippen molar-refractivity contribution in [1.82, 2.24) is 0 Å². The molecule has 4 atom stereocenters. The molecule has 5 heteroatoms. The Bertz CT molecular complexity index is 691. The first-order chi connectivity index (χ1) is 10.6. The van der Waals surface area contributed by atoms with Crippen molar-refractivity contribution in [1.29, 1.82) is 0 Å². The number of carbonyl (C=O) groups excluding carboxylic acids is 2. The molecule has 1 heterocycles. The molecular formula is C17H15NO4. The first-order valence-electron chi connectivity index (χ1n) is 7.47. The molecule has 5 nitrogen and oxygen atoms in total. The van der Waals surface area contributed by atoms with E-state index in [1.807, 2.05) is 0 Å². The second kappa shape index (κ2) is 4.53. The van der Waals surface area contributed by atoms with E-state index in [-0.39, 0.29) is 41.0 Å². The molecular weight excluding hydrogens is 282 g/mol. The average Bonchev–Trinajstić information content (AvgIpc) is 2.82. The van der Waals surface area contributed by atoms with Crippen molar-refractivity contribution in [3.05, 3.63) is 42.0 Å². The van der Waals surface area contributed by atoms with Crippen LogP contribution in [0.1, 0.15) is 23.2 Å². The Kier molecular flexibility index (Phi) is 2.73. The SMILES string of the molecule is O=C(O)c1cccc(N2C(=O)[C@@H]3[C@H](C2=O)[C@@H]2C=C[C@@H]3CC2)c1. The Morgan fingerprint density at radius 2 is 1.64 bits per heavy atom. The predicted molar refractivity (Wildman–Crippen MR) is 78.2 cm³/mol. The van der Waals surface area contributed by atoms with Crippen LogP contribution >= 0.6 is 0 Å². The Balaban J connectivity index is 1.75.